The molecule has 4 aliphatic rings. The van der Waals surface area contributed by atoms with Gasteiger partial charge in [0, 0.05) is 55.8 Å². The second-order valence-corrected chi connectivity index (χ2v) is 33.3. The lowest BCUT2D eigenvalue weighted by Crippen LogP contribution is -2.15. The quantitative estimate of drug-likeness (QED) is 0.126. The molecule has 17 aromatic carbocycles. The summed E-state index contributed by atoms with van der Waals surface area (Å²) in [6, 6.07) is 128. The fraction of sp³-hybridized carbons (Fsp3) is 0.121. The average molecular weight is 1400 g/mol. The molecule has 109 heavy (non-hydrogen) atoms. The molecular weight excluding hydrogens is 1310 g/mol. The van der Waals surface area contributed by atoms with Gasteiger partial charge >= 0.3 is 0 Å². The van der Waals surface area contributed by atoms with E-state index in [1.54, 1.807) is 0 Å². The molecular formula is C107H82N2. The molecule has 4 aliphatic carbocycles. The van der Waals surface area contributed by atoms with Crippen molar-refractivity contribution in [3.8, 4) is 89.0 Å². The molecule has 0 unspecified atom stereocenters. The molecule has 0 aromatic heterocycles. The summed E-state index contributed by atoms with van der Waals surface area (Å²) >= 11 is 0. The minimum absolute atomic E-state index is 0.103. The molecule has 0 N–H and O–H groups in total. The van der Waals surface area contributed by atoms with E-state index in [0.29, 0.717) is 0 Å². The van der Waals surface area contributed by atoms with Crippen LogP contribution in [0.25, 0.3) is 132 Å². The summed E-state index contributed by atoms with van der Waals surface area (Å²) in [5.74, 6) is 0. The molecule has 0 spiro atoms. The third-order valence-corrected chi connectivity index (χ3v) is 25.7. The predicted molar refractivity (Wildman–Crippen MR) is 463 cm³/mol. The molecule has 0 radical (unpaired) electrons. The molecule has 0 atom stereocenters. The van der Waals surface area contributed by atoms with E-state index in [1.807, 2.05) is 0 Å². The zero-order valence-electron chi connectivity index (χ0n) is 63.1. The second-order valence-electron chi connectivity index (χ2n) is 33.3. The number of anilines is 6. The largest absolute Gasteiger partial charge is 0.310 e. The number of hydrogen-bond acceptors (Lipinski definition) is 2. The summed E-state index contributed by atoms with van der Waals surface area (Å²) in [5, 5.41) is 9.68. The van der Waals surface area contributed by atoms with Crippen molar-refractivity contribution in [3.05, 3.63) is 384 Å². The van der Waals surface area contributed by atoms with Gasteiger partial charge in [-0.3, -0.25) is 0 Å². The lowest BCUT2D eigenvalue weighted by molar-refractivity contribution is 0.660. The molecule has 0 amide bonds. The highest BCUT2D eigenvalue weighted by atomic mass is 15.1. The van der Waals surface area contributed by atoms with Crippen molar-refractivity contribution in [2.75, 3.05) is 9.80 Å². The van der Waals surface area contributed by atoms with Crippen molar-refractivity contribution in [1.82, 2.24) is 0 Å². The Morgan fingerprint density at radius 2 is 0.477 bits per heavy atom. The number of fused-ring (bicyclic) bond motifs is 16. The summed E-state index contributed by atoms with van der Waals surface area (Å²) < 4.78 is 0. The Morgan fingerprint density at radius 1 is 0.183 bits per heavy atom. The van der Waals surface area contributed by atoms with Crippen LogP contribution in [0.1, 0.15) is 105 Å². The van der Waals surface area contributed by atoms with Gasteiger partial charge < -0.3 is 9.80 Å². The molecule has 2 heteroatoms. The van der Waals surface area contributed by atoms with Gasteiger partial charge in [-0.2, -0.15) is 0 Å². The molecule has 0 aliphatic heterocycles. The highest BCUT2D eigenvalue weighted by molar-refractivity contribution is 6.23. The Kier molecular flexibility index (Phi) is 14.1. The van der Waals surface area contributed by atoms with Crippen molar-refractivity contribution < 1.29 is 0 Å². The van der Waals surface area contributed by atoms with E-state index in [0.717, 1.165) is 34.1 Å². The van der Waals surface area contributed by atoms with Gasteiger partial charge in [-0.15, -0.1) is 0 Å². The normalized spacial score (nSPS) is 14.6. The second kappa shape index (κ2) is 23.7. The van der Waals surface area contributed by atoms with Crippen molar-refractivity contribution in [2.24, 2.45) is 0 Å². The molecule has 21 rings (SSSR count). The zero-order valence-corrected chi connectivity index (χ0v) is 63.1. The van der Waals surface area contributed by atoms with E-state index in [-0.39, 0.29) is 21.7 Å². The van der Waals surface area contributed by atoms with Gasteiger partial charge in [0.1, 0.15) is 0 Å². The van der Waals surface area contributed by atoms with Gasteiger partial charge in [0.2, 0.25) is 0 Å². The summed E-state index contributed by atoms with van der Waals surface area (Å²) in [6.07, 6.45) is 0. The Bertz CT molecular complexity index is 6720. The minimum Gasteiger partial charge on any atom is -0.310 e. The monoisotopic (exact) mass is 1390 g/mol. The summed E-state index contributed by atoms with van der Waals surface area (Å²) in [4.78, 5) is 4.96. The molecule has 520 valence electrons. The topological polar surface area (TPSA) is 6.48 Å². The number of nitrogens with zero attached hydrogens (tertiary/aromatic N) is 2. The SMILES string of the molecule is Cc1ccc(N(c2ccc(-c3ccc4c(c3)C(C)(C)c3ccccc3-4)cc2)c2ccc3c(-c4ccc5c(c4)C(C)(C)c4cc6ccccc6cc4-5)c4cc(N(c5ccc(-c6ccc7c(c6)C(C)(C)c6ccccc6-7)cc5)c5ccc6ccccc6c5)ccc4c(-c4ccc5c(c4)C(C)(C)c4ccccc4-5)c3c2)cc1. The van der Waals surface area contributed by atoms with E-state index in [1.165, 1.54) is 182 Å². The van der Waals surface area contributed by atoms with Gasteiger partial charge in [0.15, 0.2) is 0 Å². The molecule has 0 bridgehead atoms. The smallest absolute Gasteiger partial charge is 0.0468 e. The lowest BCUT2D eigenvalue weighted by Gasteiger charge is -2.29. The molecule has 2 nitrogen and oxygen atoms in total. The first-order valence-electron chi connectivity index (χ1n) is 38.8. The number of hydrogen-bond donors (Lipinski definition) is 0. The number of rotatable bonds is 10. The van der Waals surface area contributed by atoms with Crippen molar-refractivity contribution >= 4 is 77.2 Å². The first-order valence-corrected chi connectivity index (χ1v) is 38.8. The highest BCUT2D eigenvalue weighted by Crippen LogP contribution is 2.58. The van der Waals surface area contributed by atoms with Gasteiger partial charge in [-0.05, 0) is 293 Å². The molecule has 0 saturated carbocycles. The van der Waals surface area contributed by atoms with E-state index < -0.39 is 0 Å². The zero-order chi connectivity index (χ0) is 73.6. The standard InChI is InChI=1S/C107H82N2/c1-65-30-41-76(42-31-65)108(77-43-32-67(33-44-77)72-37-50-85-82-24-14-17-27-94(82)104(2,3)97(85)59-72)80-48-54-89-92(63-80)102(74-39-52-87-84-26-16-19-29-96(84)106(6,7)99(87)61-74)90-55-49-81(64-93(90)103(89)75-40-53-88-91-57-70-22-12-13-23-71(70)58-101(91)107(8,9)100(88)62-75)109(79-47-36-66-20-10-11-21-69(66)56-79)78-45-34-68(35-46-78)73-38-51-86-83-25-15-18-28-95(83)105(4,5)98(86)60-73/h10-64H,1-9H3. The van der Waals surface area contributed by atoms with Crippen LogP contribution in [0.2, 0.25) is 0 Å². The van der Waals surface area contributed by atoms with Crippen LogP contribution in [-0.4, -0.2) is 0 Å². The number of aryl methyl sites for hydroxylation is 1. The number of benzene rings is 17. The average Bonchev–Trinajstić information content (AvgIpc) is 1.67. The van der Waals surface area contributed by atoms with Crippen LogP contribution in [0.15, 0.2) is 334 Å². The van der Waals surface area contributed by atoms with Crippen molar-refractivity contribution in [3.63, 3.8) is 0 Å². The van der Waals surface area contributed by atoms with Crippen LogP contribution >= 0.6 is 0 Å². The third-order valence-electron chi connectivity index (χ3n) is 25.7. The van der Waals surface area contributed by atoms with Crippen molar-refractivity contribution in [1.29, 1.82) is 0 Å². The van der Waals surface area contributed by atoms with E-state index in [9.17, 15) is 0 Å². The third kappa shape index (κ3) is 9.80. The Balaban J connectivity index is 0.796. The summed E-state index contributed by atoms with van der Waals surface area (Å²) in [6.45, 7) is 21.4. The maximum atomic E-state index is 2.56. The van der Waals surface area contributed by atoms with E-state index in [4.69, 9.17) is 0 Å². The van der Waals surface area contributed by atoms with Crippen LogP contribution in [0.3, 0.4) is 0 Å². The van der Waals surface area contributed by atoms with Crippen LogP contribution < -0.4 is 9.80 Å². The molecule has 0 heterocycles. The Morgan fingerprint density at radius 3 is 0.927 bits per heavy atom. The maximum absolute atomic E-state index is 2.56. The minimum atomic E-state index is -0.281. The van der Waals surface area contributed by atoms with Crippen LogP contribution in [-0.2, 0) is 21.7 Å². The Hall–Kier alpha value is -12.6. The van der Waals surface area contributed by atoms with Gasteiger partial charge in [0.25, 0.3) is 0 Å². The van der Waals surface area contributed by atoms with Gasteiger partial charge in [-0.1, -0.05) is 285 Å². The highest BCUT2D eigenvalue weighted by Gasteiger charge is 2.40. The molecule has 0 fully saturated rings. The van der Waals surface area contributed by atoms with Crippen LogP contribution in [0, 0.1) is 6.92 Å². The summed E-state index contributed by atoms with van der Waals surface area (Å²) in [7, 11) is 0. The van der Waals surface area contributed by atoms with Crippen LogP contribution in [0.4, 0.5) is 34.1 Å². The van der Waals surface area contributed by atoms with Gasteiger partial charge in [0.05, 0.1) is 0 Å². The van der Waals surface area contributed by atoms with E-state index >= 15 is 0 Å². The fourth-order valence-electron chi connectivity index (χ4n) is 19.8. The first kappa shape index (κ1) is 64.7. The van der Waals surface area contributed by atoms with Gasteiger partial charge in [-0.25, -0.2) is 0 Å². The first-order chi connectivity index (χ1) is 52.9. The summed E-state index contributed by atoms with van der Waals surface area (Å²) in [5.41, 5.74) is 38.1. The lowest BCUT2D eigenvalue weighted by atomic mass is 9.79. The maximum Gasteiger partial charge on any atom is 0.0468 e. The van der Waals surface area contributed by atoms with Crippen LogP contribution in [0.5, 0.6) is 0 Å². The fourth-order valence-corrected chi connectivity index (χ4v) is 19.8. The molecule has 17 aromatic rings. The van der Waals surface area contributed by atoms with Crippen molar-refractivity contribution in [2.45, 2.75) is 84.0 Å². The Labute approximate surface area is 639 Å². The predicted octanol–water partition coefficient (Wildman–Crippen LogP) is 29.4. The molecule has 0 saturated heterocycles. The van der Waals surface area contributed by atoms with E-state index in [2.05, 4.69) is 406 Å².